The molecule has 0 aromatic heterocycles. The molecule has 0 spiro atoms. The minimum Gasteiger partial charge on any atom is -0.508 e. The van der Waals surface area contributed by atoms with Gasteiger partial charge in [0.1, 0.15) is 11.5 Å². The molecule has 21 heavy (non-hydrogen) atoms. The summed E-state index contributed by atoms with van der Waals surface area (Å²) in [6, 6.07) is 3.49. The van der Waals surface area contributed by atoms with E-state index in [1.54, 1.807) is 19.1 Å². The maximum Gasteiger partial charge on any atom is 0.122 e. The first-order valence-corrected chi connectivity index (χ1v) is 8.24. The maximum atomic E-state index is 9.67. The summed E-state index contributed by atoms with van der Waals surface area (Å²) >= 11 is 0. The van der Waals surface area contributed by atoms with Gasteiger partial charge < -0.3 is 15.3 Å². The fourth-order valence-electron chi connectivity index (χ4n) is 2.60. The molecule has 3 N–H and O–H groups in total. The smallest absolute Gasteiger partial charge is 0.122 e. The third-order valence-corrected chi connectivity index (χ3v) is 4.04. The summed E-state index contributed by atoms with van der Waals surface area (Å²) in [5, 5.41) is 29.0. The lowest BCUT2D eigenvalue weighted by Gasteiger charge is -2.09. The third kappa shape index (κ3) is 6.85. The van der Waals surface area contributed by atoms with Crippen molar-refractivity contribution in [1.82, 2.24) is 0 Å². The molecular weight excluding hydrogens is 264 g/mol. The van der Waals surface area contributed by atoms with Gasteiger partial charge in [-0.2, -0.15) is 0 Å². The molecule has 1 aromatic carbocycles. The Morgan fingerprint density at radius 2 is 1.48 bits per heavy atom. The summed E-state index contributed by atoms with van der Waals surface area (Å²) in [6.45, 7) is 3.81. The monoisotopic (exact) mass is 294 g/mol. The van der Waals surface area contributed by atoms with Crippen LogP contribution >= 0.6 is 0 Å². The number of benzene rings is 1. The second-order valence-corrected chi connectivity index (χ2v) is 6.01. The molecule has 0 heterocycles. The standard InChI is InChI=1S/C18H30O3/c1-3-9-16(19)11-8-6-4-5-7-10-15-12-17(20)14(2)18(21)13-15/h12-13,16,19-21H,3-11H2,1-2H3. The largest absolute Gasteiger partial charge is 0.508 e. The molecule has 1 rings (SSSR count). The van der Waals surface area contributed by atoms with Crippen LogP contribution in [0, 0.1) is 6.92 Å². The van der Waals surface area contributed by atoms with Crippen molar-refractivity contribution in [2.45, 2.75) is 77.7 Å². The van der Waals surface area contributed by atoms with E-state index >= 15 is 0 Å². The van der Waals surface area contributed by atoms with Crippen LogP contribution in [0.15, 0.2) is 12.1 Å². The van der Waals surface area contributed by atoms with Crippen molar-refractivity contribution in [3.63, 3.8) is 0 Å². The topological polar surface area (TPSA) is 60.7 Å². The molecule has 1 atom stereocenters. The van der Waals surface area contributed by atoms with Gasteiger partial charge in [-0.25, -0.2) is 0 Å². The second-order valence-electron chi connectivity index (χ2n) is 6.01. The molecule has 0 fully saturated rings. The van der Waals surface area contributed by atoms with E-state index in [1.165, 1.54) is 12.8 Å². The van der Waals surface area contributed by atoms with Crippen LogP contribution in [0.4, 0.5) is 0 Å². The molecule has 0 radical (unpaired) electrons. The van der Waals surface area contributed by atoms with Crippen LogP contribution in [0.2, 0.25) is 0 Å². The summed E-state index contributed by atoms with van der Waals surface area (Å²) in [5.41, 5.74) is 1.54. The summed E-state index contributed by atoms with van der Waals surface area (Å²) in [6.07, 6.45) is 9.35. The molecular formula is C18H30O3. The molecule has 0 aliphatic heterocycles. The van der Waals surface area contributed by atoms with Gasteiger partial charge in [0.05, 0.1) is 6.10 Å². The first kappa shape index (κ1) is 17.8. The zero-order valence-electron chi connectivity index (χ0n) is 13.4. The molecule has 1 aromatic rings. The van der Waals surface area contributed by atoms with Gasteiger partial charge in [-0.1, -0.05) is 39.0 Å². The van der Waals surface area contributed by atoms with Crippen LogP contribution < -0.4 is 0 Å². The summed E-state index contributed by atoms with van der Waals surface area (Å²) in [5.74, 6) is 0.352. The molecule has 0 aliphatic carbocycles. The maximum absolute atomic E-state index is 9.67. The molecule has 3 nitrogen and oxygen atoms in total. The van der Waals surface area contributed by atoms with Crippen molar-refractivity contribution in [3.8, 4) is 11.5 Å². The van der Waals surface area contributed by atoms with E-state index in [4.69, 9.17) is 0 Å². The number of hydrogen-bond acceptors (Lipinski definition) is 3. The van der Waals surface area contributed by atoms with Crippen LogP contribution in [-0.2, 0) is 6.42 Å². The Morgan fingerprint density at radius 1 is 0.905 bits per heavy atom. The number of aliphatic hydroxyl groups excluding tert-OH is 1. The van der Waals surface area contributed by atoms with Crippen molar-refractivity contribution >= 4 is 0 Å². The first-order chi connectivity index (χ1) is 10.0. The van der Waals surface area contributed by atoms with E-state index in [1.807, 2.05) is 0 Å². The molecule has 0 bridgehead atoms. The van der Waals surface area contributed by atoms with Crippen molar-refractivity contribution < 1.29 is 15.3 Å². The van der Waals surface area contributed by atoms with E-state index in [-0.39, 0.29) is 17.6 Å². The van der Waals surface area contributed by atoms with Gasteiger partial charge in [-0.05, 0) is 50.3 Å². The average molecular weight is 294 g/mol. The number of rotatable bonds is 10. The van der Waals surface area contributed by atoms with Crippen LogP contribution in [-0.4, -0.2) is 21.4 Å². The van der Waals surface area contributed by atoms with Gasteiger partial charge in [-0.15, -0.1) is 0 Å². The molecule has 1 unspecified atom stereocenters. The summed E-state index contributed by atoms with van der Waals surface area (Å²) in [7, 11) is 0. The SMILES string of the molecule is CCCC(O)CCCCCCCc1cc(O)c(C)c(O)c1. The number of aliphatic hydroxyl groups is 1. The molecule has 0 saturated carbocycles. The number of phenolic OH excluding ortho intramolecular Hbond substituents is 2. The zero-order valence-corrected chi connectivity index (χ0v) is 13.4. The number of aromatic hydroxyl groups is 2. The van der Waals surface area contributed by atoms with Gasteiger partial charge in [0.25, 0.3) is 0 Å². The van der Waals surface area contributed by atoms with Gasteiger partial charge in [0.15, 0.2) is 0 Å². The second kappa shape index (κ2) is 9.67. The Hall–Kier alpha value is -1.22. The summed E-state index contributed by atoms with van der Waals surface area (Å²) < 4.78 is 0. The van der Waals surface area contributed by atoms with Crippen LogP contribution in [0.25, 0.3) is 0 Å². The van der Waals surface area contributed by atoms with Crippen molar-refractivity contribution in [3.05, 3.63) is 23.3 Å². The highest BCUT2D eigenvalue weighted by molar-refractivity contribution is 5.45. The Bertz CT molecular complexity index is 392. The lowest BCUT2D eigenvalue weighted by atomic mass is 10.0. The predicted molar refractivity (Wildman–Crippen MR) is 86.8 cm³/mol. The fraction of sp³-hybridized carbons (Fsp3) is 0.667. The van der Waals surface area contributed by atoms with Crippen LogP contribution in [0.1, 0.15) is 69.4 Å². The Balaban J connectivity index is 2.12. The Labute approximate surface area is 128 Å². The van der Waals surface area contributed by atoms with Gasteiger partial charge in [0, 0.05) is 5.56 Å². The quantitative estimate of drug-likeness (QED) is 0.559. The Morgan fingerprint density at radius 3 is 2.10 bits per heavy atom. The van der Waals surface area contributed by atoms with Gasteiger partial charge in [0.2, 0.25) is 0 Å². The molecule has 0 amide bonds. The fourth-order valence-corrected chi connectivity index (χ4v) is 2.60. The number of hydrogen-bond donors (Lipinski definition) is 3. The average Bonchev–Trinajstić information content (AvgIpc) is 2.44. The molecule has 0 saturated heterocycles. The minimum absolute atomic E-state index is 0.117. The first-order valence-electron chi connectivity index (χ1n) is 8.24. The van der Waals surface area contributed by atoms with Crippen LogP contribution in [0.3, 0.4) is 0 Å². The molecule has 0 aliphatic rings. The number of aryl methyl sites for hydroxylation is 1. The van der Waals surface area contributed by atoms with E-state index in [0.29, 0.717) is 5.56 Å². The highest BCUT2D eigenvalue weighted by atomic mass is 16.3. The highest BCUT2D eigenvalue weighted by Crippen LogP contribution is 2.28. The van der Waals surface area contributed by atoms with E-state index in [0.717, 1.165) is 50.5 Å². The predicted octanol–water partition coefficient (Wildman–Crippen LogP) is 4.45. The normalized spacial score (nSPS) is 12.5. The zero-order chi connectivity index (χ0) is 15.7. The third-order valence-electron chi connectivity index (χ3n) is 4.04. The highest BCUT2D eigenvalue weighted by Gasteiger charge is 2.05. The molecule has 3 heteroatoms. The Kier molecular flexibility index (Phi) is 8.21. The molecule has 120 valence electrons. The minimum atomic E-state index is -0.117. The number of unbranched alkanes of at least 4 members (excludes halogenated alkanes) is 4. The van der Waals surface area contributed by atoms with Crippen molar-refractivity contribution in [2.24, 2.45) is 0 Å². The summed E-state index contributed by atoms with van der Waals surface area (Å²) in [4.78, 5) is 0. The van der Waals surface area contributed by atoms with E-state index in [2.05, 4.69) is 6.92 Å². The van der Waals surface area contributed by atoms with E-state index in [9.17, 15) is 15.3 Å². The van der Waals surface area contributed by atoms with Gasteiger partial charge in [-0.3, -0.25) is 0 Å². The number of phenols is 2. The van der Waals surface area contributed by atoms with E-state index < -0.39 is 0 Å². The lowest BCUT2D eigenvalue weighted by molar-refractivity contribution is 0.150. The lowest BCUT2D eigenvalue weighted by Crippen LogP contribution is -2.04. The van der Waals surface area contributed by atoms with Crippen LogP contribution in [0.5, 0.6) is 11.5 Å². The van der Waals surface area contributed by atoms with Crippen molar-refractivity contribution in [1.29, 1.82) is 0 Å². The van der Waals surface area contributed by atoms with Gasteiger partial charge >= 0.3 is 0 Å². The van der Waals surface area contributed by atoms with Crippen molar-refractivity contribution in [2.75, 3.05) is 0 Å².